The maximum absolute atomic E-state index is 12.4. The van der Waals surface area contributed by atoms with Crippen molar-refractivity contribution in [1.82, 2.24) is 15.1 Å². The normalized spacial score (nSPS) is 17.6. The van der Waals surface area contributed by atoms with Crippen LogP contribution < -0.4 is 10.2 Å². The van der Waals surface area contributed by atoms with Crippen LogP contribution in [0.3, 0.4) is 0 Å². The highest BCUT2D eigenvalue weighted by Gasteiger charge is 2.23. The third-order valence-corrected chi connectivity index (χ3v) is 6.56. The predicted octanol–water partition coefficient (Wildman–Crippen LogP) is 4.62. The van der Waals surface area contributed by atoms with Gasteiger partial charge in [0.2, 0.25) is 11.8 Å². The molecule has 178 valence electrons. The number of rotatable bonds is 8. The number of aromatic nitrogens is 2. The second-order valence-corrected chi connectivity index (χ2v) is 8.98. The molecule has 33 heavy (non-hydrogen) atoms. The summed E-state index contributed by atoms with van der Waals surface area (Å²) in [7, 11) is 0. The highest BCUT2D eigenvalue weighted by molar-refractivity contribution is 5.92. The average Bonchev–Trinajstić information content (AvgIpc) is 3.33. The molecule has 1 aromatic carbocycles. The minimum Gasteiger partial charge on any atom is -0.465 e. The number of benzene rings is 1. The summed E-state index contributed by atoms with van der Waals surface area (Å²) in [5.74, 6) is 0.412. The molecular formula is C24H33N5O4. The minimum atomic E-state index is -1.11. The van der Waals surface area contributed by atoms with Crippen molar-refractivity contribution in [2.24, 2.45) is 5.92 Å². The van der Waals surface area contributed by atoms with E-state index in [1.54, 1.807) is 24.3 Å². The third kappa shape index (κ3) is 6.31. The zero-order valence-electron chi connectivity index (χ0n) is 19.0. The number of carbonyl (C=O) groups is 2. The van der Waals surface area contributed by atoms with E-state index in [-0.39, 0.29) is 23.7 Å². The third-order valence-electron chi connectivity index (χ3n) is 6.56. The van der Waals surface area contributed by atoms with Gasteiger partial charge in [0.05, 0.1) is 0 Å². The Morgan fingerprint density at radius 1 is 1.03 bits per heavy atom. The molecule has 2 amide bonds. The van der Waals surface area contributed by atoms with Crippen LogP contribution in [-0.4, -0.2) is 58.4 Å². The van der Waals surface area contributed by atoms with E-state index in [1.807, 2.05) is 0 Å². The van der Waals surface area contributed by atoms with Crippen molar-refractivity contribution in [3.63, 3.8) is 0 Å². The number of anilines is 2. The van der Waals surface area contributed by atoms with Crippen LogP contribution in [-0.2, 0) is 4.79 Å². The molecule has 1 aromatic heterocycles. The van der Waals surface area contributed by atoms with Crippen LogP contribution in [0.1, 0.15) is 57.8 Å². The molecule has 0 spiro atoms. The van der Waals surface area contributed by atoms with E-state index in [0.29, 0.717) is 18.5 Å². The number of nitrogens with zero attached hydrogens (tertiary/aromatic N) is 4. The van der Waals surface area contributed by atoms with E-state index in [1.165, 1.54) is 25.7 Å². The Balaban J connectivity index is 1.33. The Morgan fingerprint density at radius 3 is 2.42 bits per heavy atom. The second-order valence-electron chi connectivity index (χ2n) is 8.98. The molecule has 1 aliphatic heterocycles. The molecule has 2 N–H and O–H groups in total. The van der Waals surface area contributed by atoms with E-state index in [2.05, 4.69) is 20.4 Å². The molecule has 9 nitrogen and oxygen atoms in total. The number of hydrogen-bond acceptors (Lipinski definition) is 6. The van der Waals surface area contributed by atoms with Crippen LogP contribution in [0.2, 0.25) is 0 Å². The van der Waals surface area contributed by atoms with Gasteiger partial charge in [-0.1, -0.05) is 30.8 Å². The monoisotopic (exact) mass is 455 g/mol. The maximum Gasteiger partial charge on any atom is 0.415 e. The zero-order valence-corrected chi connectivity index (χ0v) is 19.0. The quantitative estimate of drug-likeness (QED) is 0.597. The van der Waals surface area contributed by atoms with Crippen LogP contribution in [0.15, 0.2) is 28.7 Å². The van der Waals surface area contributed by atoms with Gasteiger partial charge in [-0.2, -0.15) is 0 Å². The van der Waals surface area contributed by atoms with Gasteiger partial charge in [-0.3, -0.25) is 4.79 Å². The van der Waals surface area contributed by atoms with Gasteiger partial charge < -0.3 is 19.7 Å². The number of hydrogen-bond donors (Lipinski definition) is 2. The summed E-state index contributed by atoms with van der Waals surface area (Å²) < 4.78 is 5.67. The molecule has 0 radical (unpaired) electrons. The van der Waals surface area contributed by atoms with Gasteiger partial charge in [-0.25, -0.2) is 9.69 Å². The van der Waals surface area contributed by atoms with Crippen molar-refractivity contribution in [1.29, 1.82) is 0 Å². The van der Waals surface area contributed by atoms with Crippen LogP contribution in [0.25, 0.3) is 11.5 Å². The SMILES string of the molecule is O=C(Nc1ccc(-c2nnc(N(CCCN3CCCCC3)C(=O)O)o2)cc1)C1CCCCC1. The van der Waals surface area contributed by atoms with E-state index in [0.717, 1.165) is 55.9 Å². The molecule has 1 saturated carbocycles. The first-order chi connectivity index (χ1) is 16.1. The molecule has 2 fully saturated rings. The number of amides is 2. The van der Waals surface area contributed by atoms with E-state index in [9.17, 15) is 14.7 Å². The van der Waals surface area contributed by atoms with Crippen LogP contribution in [0.5, 0.6) is 0 Å². The highest BCUT2D eigenvalue weighted by Crippen LogP contribution is 2.27. The molecule has 4 rings (SSSR count). The first-order valence-corrected chi connectivity index (χ1v) is 12.1. The van der Waals surface area contributed by atoms with E-state index >= 15 is 0 Å². The van der Waals surface area contributed by atoms with E-state index in [4.69, 9.17) is 4.42 Å². The maximum atomic E-state index is 12.4. The van der Waals surface area contributed by atoms with Gasteiger partial charge in [0.25, 0.3) is 0 Å². The molecule has 1 aliphatic carbocycles. The number of carbonyl (C=O) groups excluding carboxylic acids is 1. The fraction of sp³-hybridized carbons (Fsp3) is 0.583. The van der Waals surface area contributed by atoms with Gasteiger partial charge in [-0.15, -0.1) is 5.10 Å². The largest absolute Gasteiger partial charge is 0.465 e. The Labute approximate surface area is 194 Å². The summed E-state index contributed by atoms with van der Waals surface area (Å²) in [5.41, 5.74) is 1.39. The number of likely N-dealkylation sites (tertiary alicyclic amines) is 1. The van der Waals surface area contributed by atoms with Crippen molar-refractivity contribution >= 4 is 23.7 Å². The van der Waals surface area contributed by atoms with Gasteiger partial charge in [-0.05, 0) is 76.0 Å². The molecule has 2 aliphatic rings. The summed E-state index contributed by atoms with van der Waals surface area (Å²) in [4.78, 5) is 27.7. The Hall–Kier alpha value is -2.94. The van der Waals surface area contributed by atoms with Gasteiger partial charge in [0.15, 0.2) is 0 Å². The van der Waals surface area contributed by atoms with E-state index < -0.39 is 6.09 Å². The van der Waals surface area contributed by atoms with Crippen molar-refractivity contribution in [3.8, 4) is 11.5 Å². The van der Waals surface area contributed by atoms with Gasteiger partial charge in [0.1, 0.15) is 0 Å². The Morgan fingerprint density at radius 2 is 1.73 bits per heavy atom. The number of carboxylic acid groups (broad SMARTS) is 1. The molecule has 2 heterocycles. The molecule has 9 heteroatoms. The van der Waals surface area contributed by atoms with Crippen LogP contribution in [0.4, 0.5) is 16.5 Å². The van der Waals surface area contributed by atoms with Crippen LogP contribution >= 0.6 is 0 Å². The summed E-state index contributed by atoms with van der Waals surface area (Å²) in [6.45, 7) is 3.32. The topological polar surface area (TPSA) is 112 Å². The molecule has 0 bridgehead atoms. The first-order valence-electron chi connectivity index (χ1n) is 12.1. The van der Waals surface area contributed by atoms with Crippen molar-refractivity contribution in [3.05, 3.63) is 24.3 Å². The molecular weight excluding hydrogens is 422 g/mol. The first kappa shape index (κ1) is 23.2. The lowest BCUT2D eigenvalue weighted by atomic mass is 9.88. The average molecular weight is 456 g/mol. The summed E-state index contributed by atoms with van der Waals surface area (Å²) in [5, 5.41) is 20.6. The lowest BCUT2D eigenvalue weighted by Gasteiger charge is -2.26. The Bertz CT molecular complexity index is 917. The lowest BCUT2D eigenvalue weighted by Crippen LogP contribution is -2.35. The Kier molecular flexibility index (Phi) is 7.93. The fourth-order valence-corrected chi connectivity index (χ4v) is 4.66. The van der Waals surface area contributed by atoms with Crippen molar-refractivity contribution in [2.45, 2.75) is 57.8 Å². The predicted molar refractivity (Wildman–Crippen MR) is 125 cm³/mol. The van der Waals surface area contributed by atoms with Crippen molar-refractivity contribution < 1.29 is 19.1 Å². The molecule has 0 atom stereocenters. The smallest absolute Gasteiger partial charge is 0.415 e. The number of piperidine rings is 1. The fourth-order valence-electron chi connectivity index (χ4n) is 4.66. The molecule has 2 aromatic rings. The summed E-state index contributed by atoms with van der Waals surface area (Å²) in [6, 6.07) is 7.15. The molecule has 0 unspecified atom stereocenters. The minimum absolute atomic E-state index is 0.0224. The zero-order chi connectivity index (χ0) is 23.0. The lowest BCUT2D eigenvalue weighted by molar-refractivity contribution is -0.120. The van der Waals surface area contributed by atoms with Crippen molar-refractivity contribution in [2.75, 3.05) is 36.4 Å². The van der Waals surface area contributed by atoms with Gasteiger partial charge >= 0.3 is 12.1 Å². The number of nitrogens with one attached hydrogen (secondary N) is 1. The van der Waals surface area contributed by atoms with Crippen LogP contribution in [0, 0.1) is 5.92 Å². The summed E-state index contributed by atoms with van der Waals surface area (Å²) in [6.07, 6.45) is 8.63. The standard InChI is InChI=1S/C24H33N5O4/c30-21(18-8-3-1-4-9-18)25-20-12-10-19(11-13-20)22-26-27-23(33-22)29(24(31)32)17-7-16-28-14-5-2-6-15-28/h10-13,18H,1-9,14-17H2,(H,25,30)(H,31,32). The summed E-state index contributed by atoms with van der Waals surface area (Å²) >= 11 is 0. The van der Waals surface area contributed by atoms with Gasteiger partial charge in [0, 0.05) is 23.7 Å². The highest BCUT2D eigenvalue weighted by atomic mass is 16.4. The molecule has 1 saturated heterocycles. The second kappa shape index (κ2) is 11.3.